The van der Waals surface area contributed by atoms with E-state index in [2.05, 4.69) is 24.3 Å². The number of nitrogens with one attached hydrogen (secondary N) is 1. The van der Waals surface area contributed by atoms with Gasteiger partial charge in [0.05, 0.1) is 17.4 Å². The summed E-state index contributed by atoms with van der Waals surface area (Å²) in [6.07, 6.45) is 4.60. The fourth-order valence-corrected chi connectivity index (χ4v) is 2.17. The molecule has 5 heteroatoms. The molecular weight excluding hydrogens is 240 g/mol. The number of hydrogen-bond donors (Lipinski definition) is 1. The summed E-state index contributed by atoms with van der Waals surface area (Å²) >= 11 is 0. The highest BCUT2D eigenvalue weighted by molar-refractivity contribution is 5.42. The minimum atomic E-state index is 0.0422. The summed E-state index contributed by atoms with van der Waals surface area (Å²) in [7, 11) is 1.92. The first-order chi connectivity index (χ1) is 9.11. The van der Waals surface area contributed by atoms with Crippen molar-refractivity contribution in [1.29, 1.82) is 0 Å². The lowest BCUT2D eigenvalue weighted by Gasteiger charge is -2.16. The van der Waals surface area contributed by atoms with Crippen molar-refractivity contribution in [2.24, 2.45) is 7.05 Å². The van der Waals surface area contributed by atoms with Crippen molar-refractivity contribution < 1.29 is 0 Å². The largest absolute Gasteiger partial charge is 0.376 e. The predicted octanol–water partition coefficient (Wildman–Crippen LogP) is 2.16. The zero-order chi connectivity index (χ0) is 13.8. The number of aromatic nitrogens is 3. The van der Waals surface area contributed by atoms with E-state index < -0.39 is 0 Å². The molecule has 5 nitrogen and oxygen atoms in total. The zero-order valence-corrected chi connectivity index (χ0v) is 11.6. The summed E-state index contributed by atoms with van der Waals surface area (Å²) in [5, 5.41) is 7.55. The molecule has 0 radical (unpaired) electrons. The molecule has 2 aromatic rings. The monoisotopic (exact) mass is 260 g/mol. The normalized spacial score (nSPS) is 12.4. The van der Waals surface area contributed by atoms with E-state index in [0.717, 1.165) is 24.3 Å². The summed E-state index contributed by atoms with van der Waals surface area (Å²) in [5.41, 5.74) is 2.09. The van der Waals surface area contributed by atoms with Crippen LogP contribution in [-0.4, -0.2) is 14.3 Å². The van der Waals surface area contributed by atoms with Crippen LogP contribution >= 0.6 is 0 Å². The molecule has 1 atom stereocenters. The van der Waals surface area contributed by atoms with Gasteiger partial charge in [-0.05, 0) is 25.5 Å². The maximum atomic E-state index is 11.7. The first kappa shape index (κ1) is 13.4. The molecule has 102 valence electrons. The second kappa shape index (κ2) is 5.73. The van der Waals surface area contributed by atoms with Gasteiger partial charge in [-0.3, -0.25) is 9.48 Å². The number of nitrogens with zero attached hydrogens (tertiary/aromatic N) is 3. The molecule has 2 heterocycles. The number of pyridine rings is 1. The van der Waals surface area contributed by atoms with Gasteiger partial charge in [-0.1, -0.05) is 6.92 Å². The van der Waals surface area contributed by atoms with Gasteiger partial charge < -0.3 is 9.88 Å². The van der Waals surface area contributed by atoms with E-state index in [1.54, 1.807) is 16.8 Å². The van der Waals surface area contributed by atoms with Crippen LogP contribution in [0, 0.1) is 0 Å². The van der Waals surface area contributed by atoms with Crippen LogP contribution in [0.25, 0.3) is 0 Å². The highest BCUT2D eigenvalue weighted by Crippen LogP contribution is 2.17. The van der Waals surface area contributed by atoms with E-state index in [9.17, 15) is 4.79 Å². The average molecular weight is 260 g/mol. The van der Waals surface area contributed by atoms with Crippen molar-refractivity contribution in [2.45, 2.75) is 32.9 Å². The molecule has 0 spiro atoms. The van der Waals surface area contributed by atoms with Crippen LogP contribution in [0.15, 0.2) is 35.4 Å². The van der Waals surface area contributed by atoms with Crippen LogP contribution in [0.4, 0.5) is 5.69 Å². The average Bonchev–Trinajstić information content (AvgIpc) is 2.80. The van der Waals surface area contributed by atoms with E-state index in [1.807, 2.05) is 30.1 Å². The Kier molecular flexibility index (Phi) is 4.04. The Hall–Kier alpha value is -2.04. The van der Waals surface area contributed by atoms with Crippen LogP contribution in [-0.2, 0) is 13.6 Å². The van der Waals surface area contributed by atoms with Gasteiger partial charge in [-0.15, -0.1) is 0 Å². The summed E-state index contributed by atoms with van der Waals surface area (Å²) in [6, 6.07) is 5.55. The van der Waals surface area contributed by atoms with Gasteiger partial charge >= 0.3 is 0 Å². The Bertz CT molecular complexity index is 599. The SMILES string of the molecule is CCCn1cc(NC(C)c2ccnn2C)ccc1=O. The van der Waals surface area contributed by atoms with Crippen molar-refractivity contribution in [2.75, 3.05) is 5.32 Å². The Balaban J connectivity index is 2.17. The molecule has 0 aliphatic rings. The molecule has 19 heavy (non-hydrogen) atoms. The topological polar surface area (TPSA) is 51.9 Å². The third-order valence-electron chi connectivity index (χ3n) is 3.13. The van der Waals surface area contributed by atoms with Crippen LogP contribution < -0.4 is 10.9 Å². The quantitative estimate of drug-likeness (QED) is 0.896. The number of aryl methyl sites for hydroxylation is 2. The molecule has 0 saturated carbocycles. The van der Waals surface area contributed by atoms with E-state index >= 15 is 0 Å². The Morgan fingerprint density at radius 2 is 2.16 bits per heavy atom. The Morgan fingerprint density at radius 1 is 1.37 bits per heavy atom. The summed E-state index contributed by atoms with van der Waals surface area (Å²) in [6.45, 7) is 4.88. The molecule has 0 fully saturated rings. The molecule has 1 N–H and O–H groups in total. The second-order valence-electron chi connectivity index (χ2n) is 4.70. The van der Waals surface area contributed by atoms with Gasteiger partial charge in [-0.25, -0.2) is 0 Å². The van der Waals surface area contributed by atoms with Crippen molar-refractivity contribution >= 4 is 5.69 Å². The van der Waals surface area contributed by atoms with Crippen molar-refractivity contribution in [1.82, 2.24) is 14.3 Å². The van der Waals surface area contributed by atoms with E-state index in [4.69, 9.17) is 0 Å². The lowest BCUT2D eigenvalue weighted by Crippen LogP contribution is -2.20. The van der Waals surface area contributed by atoms with Crippen LogP contribution in [0.5, 0.6) is 0 Å². The standard InChI is InChI=1S/C14H20N4O/c1-4-9-18-10-12(5-6-14(18)19)16-11(2)13-7-8-15-17(13)3/h5-8,10-11,16H,4,9H2,1-3H3. The van der Waals surface area contributed by atoms with Gasteiger partial charge in [0.25, 0.3) is 5.56 Å². The maximum Gasteiger partial charge on any atom is 0.250 e. The smallest absolute Gasteiger partial charge is 0.250 e. The highest BCUT2D eigenvalue weighted by atomic mass is 16.1. The van der Waals surface area contributed by atoms with Crippen LogP contribution in [0.3, 0.4) is 0 Å². The maximum absolute atomic E-state index is 11.7. The molecule has 1 unspecified atom stereocenters. The van der Waals surface area contributed by atoms with Gasteiger partial charge in [0.15, 0.2) is 0 Å². The lowest BCUT2D eigenvalue weighted by molar-refractivity contribution is 0.650. The van der Waals surface area contributed by atoms with Gasteiger partial charge in [0.2, 0.25) is 0 Å². The van der Waals surface area contributed by atoms with Gasteiger partial charge in [0, 0.05) is 32.1 Å². The number of hydrogen-bond acceptors (Lipinski definition) is 3. The third-order valence-corrected chi connectivity index (χ3v) is 3.13. The fraction of sp³-hybridized carbons (Fsp3) is 0.429. The zero-order valence-electron chi connectivity index (χ0n) is 11.6. The third kappa shape index (κ3) is 3.05. The number of anilines is 1. The molecule has 0 bridgehead atoms. The Labute approximate surface area is 112 Å². The minimum Gasteiger partial charge on any atom is -0.376 e. The fourth-order valence-electron chi connectivity index (χ4n) is 2.17. The van der Waals surface area contributed by atoms with Gasteiger partial charge in [0.1, 0.15) is 0 Å². The van der Waals surface area contributed by atoms with Crippen molar-refractivity contribution in [3.63, 3.8) is 0 Å². The van der Waals surface area contributed by atoms with E-state index in [1.165, 1.54) is 0 Å². The molecule has 0 saturated heterocycles. The van der Waals surface area contributed by atoms with E-state index in [-0.39, 0.29) is 11.6 Å². The summed E-state index contributed by atoms with van der Waals surface area (Å²) < 4.78 is 3.58. The van der Waals surface area contributed by atoms with Crippen LogP contribution in [0.1, 0.15) is 32.0 Å². The second-order valence-corrected chi connectivity index (χ2v) is 4.70. The summed E-state index contributed by atoms with van der Waals surface area (Å²) in [4.78, 5) is 11.7. The van der Waals surface area contributed by atoms with Gasteiger partial charge in [-0.2, -0.15) is 5.10 Å². The van der Waals surface area contributed by atoms with Crippen LogP contribution in [0.2, 0.25) is 0 Å². The molecule has 2 aromatic heterocycles. The highest BCUT2D eigenvalue weighted by Gasteiger charge is 2.09. The first-order valence-corrected chi connectivity index (χ1v) is 6.56. The van der Waals surface area contributed by atoms with Crippen molar-refractivity contribution in [3.8, 4) is 0 Å². The molecular formula is C14H20N4O. The number of rotatable bonds is 5. The van der Waals surface area contributed by atoms with Crippen molar-refractivity contribution in [3.05, 3.63) is 46.6 Å². The molecule has 0 amide bonds. The molecule has 2 rings (SSSR count). The summed E-state index contributed by atoms with van der Waals surface area (Å²) in [5.74, 6) is 0. The first-order valence-electron chi connectivity index (χ1n) is 6.56. The molecule has 0 aliphatic carbocycles. The molecule has 0 aliphatic heterocycles. The molecule has 0 aromatic carbocycles. The minimum absolute atomic E-state index is 0.0422. The van der Waals surface area contributed by atoms with E-state index in [0.29, 0.717) is 0 Å². The lowest BCUT2D eigenvalue weighted by atomic mass is 10.2. The predicted molar refractivity (Wildman–Crippen MR) is 76.2 cm³/mol. The Morgan fingerprint density at radius 3 is 2.79 bits per heavy atom.